The molecule has 23 heavy (non-hydrogen) atoms. The Bertz CT molecular complexity index is 559. The van der Waals surface area contributed by atoms with E-state index < -0.39 is 18.2 Å². The molecule has 0 aromatic heterocycles. The first kappa shape index (κ1) is 15.9. The van der Waals surface area contributed by atoms with Crippen LogP contribution in [0.1, 0.15) is 24.5 Å². The fourth-order valence-electron chi connectivity index (χ4n) is 3.10. The number of carbonyl (C=O) groups is 1. The number of ether oxygens (including phenoxy) is 2. The maximum Gasteiger partial charge on any atom is 0.405 e. The third-order valence-electron chi connectivity index (χ3n) is 4.25. The zero-order valence-electron chi connectivity index (χ0n) is 12.9. The monoisotopic (exact) mass is 322 g/mol. The molecule has 2 aliphatic rings. The first-order valence-corrected chi connectivity index (χ1v) is 7.93. The topological polar surface area (TPSA) is 91.3 Å². The summed E-state index contributed by atoms with van der Waals surface area (Å²) in [5.41, 5.74) is 0.618. The molecule has 1 amide bonds. The van der Waals surface area contributed by atoms with Gasteiger partial charge in [-0.3, -0.25) is 0 Å². The second-order valence-corrected chi connectivity index (χ2v) is 5.91. The number of hydrogen-bond acceptors (Lipinski definition) is 5. The predicted molar refractivity (Wildman–Crippen MR) is 83.0 cm³/mol. The summed E-state index contributed by atoms with van der Waals surface area (Å²) in [6.07, 6.45) is 0.146. The van der Waals surface area contributed by atoms with Gasteiger partial charge in [0.2, 0.25) is 0 Å². The number of fused-ring (bicyclic) bond motifs is 1. The molecule has 7 heteroatoms. The van der Waals surface area contributed by atoms with E-state index in [0.29, 0.717) is 36.8 Å². The van der Waals surface area contributed by atoms with Crippen molar-refractivity contribution >= 4 is 6.09 Å². The smallest absolute Gasteiger partial charge is 0.405 e. The third-order valence-corrected chi connectivity index (χ3v) is 4.25. The summed E-state index contributed by atoms with van der Waals surface area (Å²) >= 11 is 0. The number of rotatable bonds is 5. The highest BCUT2D eigenvalue weighted by Crippen LogP contribution is 2.33. The van der Waals surface area contributed by atoms with Gasteiger partial charge < -0.3 is 29.9 Å². The van der Waals surface area contributed by atoms with E-state index in [1.807, 2.05) is 0 Å². The fourth-order valence-corrected chi connectivity index (χ4v) is 3.10. The number of carboxylic acid groups (broad SMARTS) is 1. The normalized spacial score (nSPS) is 20.0. The van der Waals surface area contributed by atoms with Crippen molar-refractivity contribution < 1.29 is 24.5 Å². The SMILES string of the molecule is O=C(O)N[C@H](CN1CCCC1)[C@H](O)c1ccc2c(c1)OCCO2. The van der Waals surface area contributed by atoms with Crippen LogP contribution in [-0.4, -0.2) is 60.1 Å². The molecule has 3 rings (SSSR count). The molecule has 0 spiro atoms. The van der Waals surface area contributed by atoms with Crippen molar-refractivity contribution in [1.82, 2.24) is 10.2 Å². The molecule has 0 aliphatic carbocycles. The van der Waals surface area contributed by atoms with Gasteiger partial charge in [-0.2, -0.15) is 0 Å². The third kappa shape index (κ3) is 3.86. The van der Waals surface area contributed by atoms with Crippen molar-refractivity contribution in [2.24, 2.45) is 0 Å². The Morgan fingerprint density at radius 1 is 1.22 bits per heavy atom. The summed E-state index contributed by atoms with van der Waals surface area (Å²) < 4.78 is 11.0. The molecule has 0 saturated carbocycles. The first-order valence-electron chi connectivity index (χ1n) is 7.93. The lowest BCUT2D eigenvalue weighted by Crippen LogP contribution is -2.46. The number of benzene rings is 1. The molecule has 2 heterocycles. The van der Waals surface area contributed by atoms with Gasteiger partial charge in [0.25, 0.3) is 0 Å². The Balaban J connectivity index is 1.75. The Morgan fingerprint density at radius 3 is 2.61 bits per heavy atom. The summed E-state index contributed by atoms with van der Waals surface area (Å²) in [6, 6.07) is 4.63. The predicted octanol–water partition coefficient (Wildman–Crippen LogP) is 1.22. The quantitative estimate of drug-likeness (QED) is 0.755. The largest absolute Gasteiger partial charge is 0.486 e. The molecule has 0 unspecified atom stereocenters. The van der Waals surface area contributed by atoms with Gasteiger partial charge in [0.1, 0.15) is 19.3 Å². The zero-order valence-corrected chi connectivity index (χ0v) is 12.9. The van der Waals surface area contributed by atoms with Gasteiger partial charge in [0, 0.05) is 6.54 Å². The van der Waals surface area contributed by atoms with Crippen LogP contribution in [0.2, 0.25) is 0 Å². The highest BCUT2D eigenvalue weighted by atomic mass is 16.6. The van der Waals surface area contributed by atoms with Crippen LogP contribution in [0.25, 0.3) is 0 Å². The molecule has 126 valence electrons. The minimum Gasteiger partial charge on any atom is -0.486 e. The Morgan fingerprint density at radius 2 is 1.91 bits per heavy atom. The molecule has 1 aromatic rings. The van der Waals surface area contributed by atoms with Gasteiger partial charge in [-0.15, -0.1) is 0 Å². The lowest BCUT2D eigenvalue weighted by molar-refractivity contribution is 0.101. The highest BCUT2D eigenvalue weighted by Gasteiger charge is 2.27. The van der Waals surface area contributed by atoms with Crippen LogP contribution in [0.4, 0.5) is 4.79 Å². The Kier molecular flexibility index (Phi) is 4.88. The number of nitrogens with one attached hydrogen (secondary N) is 1. The van der Waals surface area contributed by atoms with Crippen molar-refractivity contribution in [1.29, 1.82) is 0 Å². The number of likely N-dealkylation sites (tertiary alicyclic amines) is 1. The second kappa shape index (κ2) is 7.06. The van der Waals surface area contributed by atoms with Gasteiger partial charge in [0.15, 0.2) is 11.5 Å². The van der Waals surface area contributed by atoms with Gasteiger partial charge >= 0.3 is 6.09 Å². The van der Waals surface area contributed by atoms with Crippen LogP contribution in [-0.2, 0) is 0 Å². The Hall–Kier alpha value is -1.99. The summed E-state index contributed by atoms with van der Waals surface area (Å²) in [5, 5.41) is 22.1. The molecular formula is C16H22N2O5. The molecule has 2 aliphatic heterocycles. The summed E-state index contributed by atoms with van der Waals surface area (Å²) in [5.74, 6) is 1.23. The molecule has 3 N–H and O–H groups in total. The fraction of sp³-hybridized carbons (Fsp3) is 0.562. The molecule has 1 aromatic carbocycles. The molecule has 2 atom stereocenters. The van der Waals surface area contributed by atoms with E-state index in [1.54, 1.807) is 18.2 Å². The minimum absolute atomic E-state index is 0.469. The molecule has 1 fully saturated rings. The molecule has 0 bridgehead atoms. The average molecular weight is 322 g/mol. The van der Waals surface area contributed by atoms with Crippen LogP contribution in [0, 0.1) is 0 Å². The standard InChI is InChI=1S/C16H22N2O5/c19-15(11-3-4-13-14(9-11)23-8-7-22-13)12(17-16(20)21)10-18-5-1-2-6-18/h3-4,9,12,15,17,19H,1-2,5-8,10H2,(H,20,21)/t12-,15-/m1/s1. The van der Waals surface area contributed by atoms with Gasteiger partial charge in [-0.1, -0.05) is 6.07 Å². The van der Waals surface area contributed by atoms with E-state index >= 15 is 0 Å². The van der Waals surface area contributed by atoms with E-state index in [1.165, 1.54) is 0 Å². The summed E-state index contributed by atoms with van der Waals surface area (Å²) in [4.78, 5) is 13.2. The summed E-state index contributed by atoms with van der Waals surface area (Å²) in [7, 11) is 0. The van der Waals surface area contributed by atoms with Crippen molar-refractivity contribution in [3.05, 3.63) is 23.8 Å². The van der Waals surface area contributed by atoms with Crippen LogP contribution in [0.3, 0.4) is 0 Å². The lowest BCUT2D eigenvalue weighted by Gasteiger charge is -2.28. The van der Waals surface area contributed by atoms with E-state index in [0.717, 1.165) is 25.9 Å². The van der Waals surface area contributed by atoms with E-state index in [-0.39, 0.29) is 0 Å². The van der Waals surface area contributed by atoms with Crippen molar-refractivity contribution in [3.63, 3.8) is 0 Å². The van der Waals surface area contributed by atoms with Crippen LogP contribution >= 0.6 is 0 Å². The number of hydrogen-bond donors (Lipinski definition) is 3. The number of amides is 1. The van der Waals surface area contributed by atoms with Gasteiger partial charge in [0.05, 0.1) is 6.04 Å². The zero-order chi connectivity index (χ0) is 16.2. The maximum absolute atomic E-state index is 11.1. The van der Waals surface area contributed by atoms with E-state index in [4.69, 9.17) is 14.6 Å². The van der Waals surface area contributed by atoms with Gasteiger partial charge in [-0.05, 0) is 43.6 Å². The van der Waals surface area contributed by atoms with E-state index in [9.17, 15) is 9.90 Å². The number of aliphatic hydroxyl groups excluding tert-OH is 1. The first-order chi connectivity index (χ1) is 11.1. The van der Waals surface area contributed by atoms with Crippen molar-refractivity contribution in [2.45, 2.75) is 25.0 Å². The maximum atomic E-state index is 11.1. The summed E-state index contributed by atoms with van der Waals surface area (Å²) in [6.45, 7) is 3.34. The Labute approximate surface area is 134 Å². The molecular weight excluding hydrogens is 300 g/mol. The number of aliphatic hydroxyl groups is 1. The van der Waals surface area contributed by atoms with Crippen LogP contribution in [0.15, 0.2) is 18.2 Å². The average Bonchev–Trinajstić information content (AvgIpc) is 3.06. The van der Waals surface area contributed by atoms with Crippen molar-refractivity contribution in [2.75, 3.05) is 32.8 Å². The molecule has 0 radical (unpaired) electrons. The second-order valence-electron chi connectivity index (χ2n) is 5.91. The highest BCUT2D eigenvalue weighted by molar-refractivity contribution is 5.65. The van der Waals surface area contributed by atoms with Crippen molar-refractivity contribution in [3.8, 4) is 11.5 Å². The molecule has 7 nitrogen and oxygen atoms in total. The molecule has 1 saturated heterocycles. The van der Waals surface area contributed by atoms with Crippen LogP contribution < -0.4 is 14.8 Å². The van der Waals surface area contributed by atoms with Crippen LogP contribution in [0.5, 0.6) is 11.5 Å². The minimum atomic E-state index is -1.13. The lowest BCUT2D eigenvalue weighted by atomic mass is 10.0. The van der Waals surface area contributed by atoms with E-state index in [2.05, 4.69) is 10.2 Å². The number of nitrogens with zero attached hydrogens (tertiary/aromatic N) is 1. The van der Waals surface area contributed by atoms with Gasteiger partial charge in [-0.25, -0.2) is 4.79 Å².